The van der Waals surface area contributed by atoms with Gasteiger partial charge in [0.05, 0.1) is 5.69 Å². The van der Waals surface area contributed by atoms with Gasteiger partial charge in [0, 0.05) is 24.2 Å². The van der Waals surface area contributed by atoms with Crippen molar-refractivity contribution in [3.63, 3.8) is 0 Å². The van der Waals surface area contributed by atoms with E-state index in [-0.39, 0.29) is 10.8 Å². The van der Waals surface area contributed by atoms with E-state index in [2.05, 4.69) is 53.0 Å². The zero-order valence-electron chi connectivity index (χ0n) is 11.4. The Morgan fingerprint density at radius 2 is 1.85 bits per heavy atom. The van der Waals surface area contributed by atoms with Gasteiger partial charge in [-0.3, -0.25) is 4.90 Å². The van der Waals surface area contributed by atoms with E-state index in [1.165, 1.54) is 5.56 Å². The molecule has 0 fully saturated rings. The highest BCUT2D eigenvalue weighted by molar-refractivity contribution is 6.32. The summed E-state index contributed by atoms with van der Waals surface area (Å²) in [6.45, 7) is 5.87. The summed E-state index contributed by atoms with van der Waals surface area (Å²) in [4.78, 5) is 10.7. The van der Waals surface area contributed by atoms with Crippen LogP contribution in [0.25, 0.3) is 0 Å². The molecular formula is C15H15Cl2N3. The molecule has 5 heteroatoms. The van der Waals surface area contributed by atoms with E-state index in [9.17, 15) is 0 Å². The maximum Gasteiger partial charge on any atom is 0.224 e. The molecule has 1 aromatic carbocycles. The van der Waals surface area contributed by atoms with Crippen molar-refractivity contribution >= 4 is 23.2 Å². The molecule has 0 spiro atoms. The summed E-state index contributed by atoms with van der Waals surface area (Å²) in [5.74, 6) is 0. The van der Waals surface area contributed by atoms with Crippen molar-refractivity contribution in [2.75, 3.05) is 0 Å². The van der Waals surface area contributed by atoms with Gasteiger partial charge in [-0.1, -0.05) is 41.9 Å². The molecule has 0 saturated carbocycles. The summed E-state index contributed by atoms with van der Waals surface area (Å²) in [5.41, 5.74) is 2.98. The molecule has 0 saturated heterocycles. The van der Waals surface area contributed by atoms with E-state index in [4.69, 9.17) is 23.2 Å². The van der Waals surface area contributed by atoms with Gasteiger partial charge in [-0.25, -0.2) is 9.97 Å². The monoisotopic (exact) mass is 307 g/mol. The van der Waals surface area contributed by atoms with E-state index < -0.39 is 0 Å². The standard InChI is InChI=1S/C15H15Cl2N3/c1-15(2)12-11(18-14(17)19-13(12)16)9-20(15)8-10-6-4-3-5-7-10/h3-7H,8-9H2,1-2H3. The van der Waals surface area contributed by atoms with Crippen LogP contribution in [0, 0.1) is 0 Å². The Labute approximate surface area is 128 Å². The lowest BCUT2D eigenvalue weighted by molar-refractivity contribution is 0.127. The van der Waals surface area contributed by atoms with E-state index in [1.807, 2.05) is 6.07 Å². The zero-order chi connectivity index (χ0) is 14.3. The van der Waals surface area contributed by atoms with Crippen molar-refractivity contribution in [2.45, 2.75) is 32.5 Å². The highest BCUT2D eigenvalue weighted by Gasteiger charge is 2.40. The van der Waals surface area contributed by atoms with Crippen LogP contribution in [0.15, 0.2) is 30.3 Å². The van der Waals surface area contributed by atoms with Gasteiger partial charge >= 0.3 is 0 Å². The number of benzene rings is 1. The third-order valence-corrected chi connectivity index (χ3v) is 4.31. The normalized spacial score (nSPS) is 17.2. The summed E-state index contributed by atoms with van der Waals surface area (Å²) >= 11 is 12.2. The average molecular weight is 308 g/mol. The fourth-order valence-electron chi connectivity index (χ4n) is 2.76. The summed E-state index contributed by atoms with van der Waals surface area (Å²) in [6.07, 6.45) is 0. The van der Waals surface area contributed by atoms with Crippen LogP contribution in [0.4, 0.5) is 0 Å². The SMILES string of the molecule is CC1(C)c2c(Cl)nc(Cl)nc2CN1Cc1ccccc1. The van der Waals surface area contributed by atoms with Crippen molar-refractivity contribution in [2.24, 2.45) is 0 Å². The van der Waals surface area contributed by atoms with Crippen LogP contribution >= 0.6 is 23.2 Å². The van der Waals surface area contributed by atoms with Crippen molar-refractivity contribution in [3.05, 3.63) is 57.6 Å². The molecule has 3 nitrogen and oxygen atoms in total. The lowest BCUT2D eigenvalue weighted by Crippen LogP contribution is -2.35. The topological polar surface area (TPSA) is 29.0 Å². The van der Waals surface area contributed by atoms with E-state index in [1.54, 1.807) is 0 Å². The van der Waals surface area contributed by atoms with Crippen LogP contribution in [-0.4, -0.2) is 14.9 Å². The lowest BCUT2D eigenvalue weighted by atomic mass is 9.97. The Bertz CT molecular complexity index is 641. The molecule has 0 atom stereocenters. The molecule has 1 aliphatic heterocycles. The van der Waals surface area contributed by atoms with Gasteiger partial charge in [0.25, 0.3) is 0 Å². The number of rotatable bonds is 2. The smallest absolute Gasteiger partial charge is 0.224 e. The first-order valence-corrected chi connectivity index (χ1v) is 7.25. The van der Waals surface area contributed by atoms with E-state index in [0.717, 1.165) is 24.3 Å². The van der Waals surface area contributed by atoms with Crippen molar-refractivity contribution in [1.82, 2.24) is 14.9 Å². The van der Waals surface area contributed by atoms with Crippen LogP contribution in [0.2, 0.25) is 10.4 Å². The van der Waals surface area contributed by atoms with Crippen molar-refractivity contribution in [3.8, 4) is 0 Å². The van der Waals surface area contributed by atoms with Crippen LogP contribution in [-0.2, 0) is 18.6 Å². The van der Waals surface area contributed by atoms with Crippen LogP contribution in [0.3, 0.4) is 0 Å². The molecule has 20 heavy (non-hydrogen) atoms. The van der Waals surface area contributed by atoms with Gasteiger partial charge < -0.3 is 0 Å². The maximum atomic E-state index is 6.27. The highest BCUT2D eigenvalue weighted by atomic mass is 35.5. The first kappa shape index (κ1) is 13.8. The van der Waals surface area contributed by atoms with Crippen LogP contribution in [0.1, 0.15) is 30.7 Å². The summed E-state index contributed by atoms with van der Waals surface area (Å²) in [6, 6.07) is 10.4. The molecule has 0 unspecified atom stereocenters. The van der Waals surface area contributed by atoms with Gasteiger partial charge in [-0.05, 0) is 31.0 Å². The van der Waals surface area contributed by atoms with Gasteiger partial charge in [-0.15, -0.1) is 0 Å². The van der Waals surface area contributed by atoms with Crippen LogP contribution < -0.4 is 0 Å². The first-order valence-electron chi connectivity index (χ1n) is 6.50. The van der Waals surface area contributed by atoms with Gasteiger partial charge in [0.15, 0.2) is 0 Å². The minimum absolute atomic E-state index is 0.202. The largest absolute Gasteiger partial charge is 0.284 e. The summed E-state index contributed by atoms with van der Waals surface area (Å²) in [5, 5.41) is 0.673. The third-order valence-electron chi connectivity index (χ3n) is 3.87. The molecule has 2 heterocycles. The molecular weight excluding hydrogens is 293 g/mol. The molecule has 1 aromatic heterocycles. The number of nitrogens with zero attached hydrogens (tertiary/aromatic N) is 3. The minimum Gasteiger partial charge on any atom is -0.284 e. The molecule has 2 aromatic rings. The van der Waals surface area contributed by atoms with Gasteiger partial charge in [0.2, 0.25) is 5.28 Å². The molecule has 0 radical (unpaired) electrons. The third kappa shape index (κ3) is 2.30. The van der Waals surface area contributed by atoms with Gasteiger partial charge in [-0.2, -0.15) is 0 Å². The Kier molecular flexibility index (Phi) is 3.44. The minimum atomic E-state index is -0.202. The Morgan fingerprint density at radius 3 is 2.55 bits per heavy atom. The Hall–Kier alpha value is -1.16. The summed E-state index contributed by atoms with van der Waals surface area (Å²) in [7, 11) is 0. The van der Waals surface area contributed by atoms with Gasteiger partial charge in [0.1, 0.15) is 5.15 Å². The first-order chi connectivity index (χ1) is 9.48. The molecule has 0 N–H and O–H groups in total. The summed E-state index contributed by atoms with van der Waals surface area (Å²) < 4.78 is 0. The molecule has 0 bridgehead atoms. The van der Waals surface area contributed by atoms with E-state index >= 15 is 0 Å². The fourth-order valence-corrected chi connectivity index (χ4v) is 3.41. The second-order valence-corrected chi connectivity index (χ2v) is 6.20. The number of aromatic nitrogens is 2. The highest BCUT2D eigenvalue weighted by Crippen LogP contribution is 2.42. The molecule has 3 rings (SSSR count). The lowest BCUT2D eigenvalue weighted by Gasteiger charge is -2.32. The zero-order valence-corrected chi connectivity index (χ0v) is 12.9. The number of hydrogen-bond acceptors (Lipinski definition) is 3. The number of hydrogen-bond donors (Lipinski definition) is 0. The van der Waals surface area contributed by atoms with Crippen molar-refractivity contribution < 1.29 is 0 Å². The number of halogens is 2. The Morgan fingerprint density at radius 1 is 1.15 bits per heavy atom. The average Bonchev–Trinajstić information content (AvgIpc) is 2.61. The van der Waals surface area contributed by atoms with E-state index in [0.29, 0.717) is 5.15 Å². The molecule has 0 amide bonds. The Balaban J connectivity index is 1.96. The predicted octanol–water partition coefficient (Wildman–Crippen LogP) is 4.03. The maximum absolute atomic E-state index is 6.27. The second kappa shape index (κ2) is 4.99. The quantitative estimate of drug-likeness (QED) is 0.619. The molecule has 104 valence electrons. The molecule has 0 aliphatic carbocycles. The van der Waals surface area contributed by atoms with Crippen molar-refractivity contribution in [1.29, 1.82) is 0 Å². The van der Waals surface area contributed by atoms with Crippen LogP contribution in [0.5, 0.6) is 0 Å². The second-order valence-electron chi connectivity index (χ2n) is 5.51. The predicted molar refractivity (Wildman–Crippen MR) is 80.8 cm³/mol. The fraction of sp³-hybridized carbons (Fsp3) is 0.333. The number of fused-ring (bicyclic) bond motifs is 1. The molecule has 1 aliphatic rings.